The molecule has 0 unspecified atom stereocenters. The highest BCUT2D eigenvalue weighted by Crippen LogP contribution is 2.41. The highest BCUT2D eigenvalue weighted by atomic mass is 15.1. The van der Waals surface area contributed by atoms with Crippen LogP contribution in [0.4, 0.5) is 5.69 Å². The molecule has 0 spiro atoms. The van der Waals surface area contributed by atoms with Crippen LogP contribution in [0.2, 0.25) is 0 Å². The van der Waals surface area contributed by atoms with Crippen molar-refractivity contribution >= 4 is 5.69 Å². The van der Waals surface area contributed by atoms with E-state index in [0.29, 0.717) is 5.92 Å². The van der Waals surface area contributed by atoms with Gasteiger partial charge in [-0.05, 0) is 19.8 Å². The van der Waals surface area contributed by atoms with Crippen LogP contribution in [0.5, 0.6) is 0 Å². The molecule has 0 radical (unpaired) electrons. The Labute approximate surface area is 59.6 Å². The highest BCUT2D eigenvalue weighted by molar-refractivity contribution is 5.49. The largest absolute Gasteiger partial charge is 0.396 e. The molecule has 1 aliphatic carbocycles. The fourth-order valence-electron chi connectivity index (χ4n) is 1.12. The van der Waals surface area contributed by atoms with Gasteiger partial charge in [0.15, 0.2) is 0 Å². The minimum atomic E-state index is 0.657. The number of nitrogens with two attached hydrogens (primary N) is 1. The number of H-pyrrole nitrogens is 1. The van der Waals surface area contributed by atoms with Gasteiger partial charge >= 0.3 is 0 Å². The van der Waals surface area contributed by atoms with Crippen molar-refractivity contribution in [1.82, 2.24) is 10.2 Å². The number of rotatable bonds is 1. The third-order valence-electron chi connectivity index (χ3n) is 1.99. The van der Waals surface area contributed by atoms with Gasteiger partial charge in [0.25, 0.3) is 0 Å². The van der Waals surface area contributed by atoms with Crippen LogP contribution in [0.3, 0.4) is 0 Å². The van der Waals surface area contributed by atoms with Gasteiger partial charge in [-0.3, -0.25) is 5.10 Å². The molecular formula is C7H11N3. The van der Waals surface area contributed by atoms with E-state index in [1.54, 1.807) is 0 Å². The minimum Gasteiger partial charge on any atom is -0.396 e. The number of nitrogen functional groups attached to an aromatic ring is 1. The van der Waals surface area contributed by atoms with Crippen molar-refractivity contribution in [2.24, 2.45) is 0 Å². The summed E-state index contributed by atoms with van der Waals surface area (Å²) in [4.78, 5) is 0. The molecule has 1 heterocycles. The summed E-state index contributed by atoms with van der Waals surface area (Å²) < 4.78 is 0. The lowest BCUT2D eigenvalue weighted by molar-refractivity contribution is 0.955. The number of aromatic nitrogens is 2. The van der Waals surface area contributed by atoms with Crippen LogP contribution in [0.15, 0.2) is 0 Å². The van der Waals surface area contributed by atoms with Gasteiger partial charge in [-0.25, -0.2) is 0 Å². The highest BCUT2D eigenvalue weighted by Gasteiger charge is 2.28. The minimum absolute atomic E-state index is 0.657. The number of hydrogen-bond acceptors (Lipinski definition) is 2. The molecule has 1 aromatic heterocycles. The Morgan fingerprint density at radius 3 is 2.70 bits per heavy atom. The van der Waals surface area contributed by atoms with Crippen molar-refractivity contribution in [2.75, 3.05) is 5.73 Å². The second-order valence-electron chi connectivity index (χ2n) is 2.92. The van der Waals surface area contributed by atoms with Crippen LogP contribution in [0, 0.1) is 6.92 Å². The summed E-state index contributed by atoms with van der Waals surface area (Å²) in [5, 5.41) is 7.01. The van der Waals surface area contributed by atoms with Gasteiger partial charge < -0.3 is 5.73 Å². The Bertz CT molecular complexity index is 247. The normalized spacial score (nSPS) is 17.7. The van der Waals surface area contributed by atoms with Crippen molar-refractivity contribution in [3.8, 4) is 0 Å². The van der Waals surface area contributed by atoms with Gasteiger partial charge in [0, 0.05) is 5.92 Å². The van der Waals surface area contributed by atoms with E-state index < -0.39 is 0 Å². The molecule has 3 N–H and O–H groups in total. The molecule has 1 fully saturated rings. The molecule has 1 aromatic rings. The summed E-state index contributed by atoms with van der Waals surface area (Å²) in [5.41, 5.74) is 8.70. The van der Waals surface area contributed by atoms with Gasteiger partial charge in [0.05, 0.1) is 17.1 Å². The van der Waals surface area contributed by atoms with Crippen LogP contribution >= 0.6 is 0 Å². The maximum absolute atomic E-state index is 5.75. The molecule has 1 saturated carbocycles. The molecular weight excluding hydrogens is 126 g/mol. The van der Waals surface area contributed by atoms with E-state index in [9.17, 15) is 0 Å². The van der Waals surface area contributed by atoms with Crippen LogP contribution in [0.1, 0.15) is 30.1 Å². The van der Waals surface area contributed by atoms with Crippen molar-refractivity contribution in [1.29, 1.82) is 0 Å². The molecule has 10 heavy (non-hydrogen) atoms. The lowest BCUT2D eigenvalue weighted by atomic mass is 10.2. The quantitative estimate of drug-likeness (QED) is 0.610. The average Bonchev–Trinajstić information content (AvgIpc) is 2.67. The molecule has 0 amide bonds. The van der Waals surface area contributed by atoms with Crippen molar-refractivity contribution in [3.63, 3.8) is 0 Å². The SMILES string of the molecule is Cc1[nH]nc(C2CC2)c1N. The maximum atomic E-state index is 5.75. The fraction of sp³-hybridized carbons (Fsp3) is 0.571. The number of aryl methyl sites for hydroxylation is 1. The predicted molar refractivity (Wildman–Crippen MR) is 39.7 cm³/mol. The zero-order valence-electron chi connectivity index (χ0n) is 6.02. The van der Waals surface area contributed by atoms with E-state index in [-0.39, 0.29) is 0 Å². The van der Waals surface area contributed by atoms with Gasteiger partial charge in [0.1, 0.15) is 0 Å². The smallest absolute Gasteiger partial charge is 0.0885 e. The summed E-state index contributed by atoms with van der Waals surface area (Å²) in [6, 6.07) is 0. The molecule has 3 heteroatoms. The van der Waals surface area contributed by atoms with Crippen molar-refractivity contribution < 1.29 is 0 Å². The Balaban J connectivity index is 2.40. The van der Waals surface area contributed by atoms with E-state index in [1.807, 2.05) is 6.92 Å². The first-order valence-corrected chi connectivity index (χ1v) is 3.59. The first-order valence-electron chi connectivity index (χ1n) is 3.59. The number of aromatic amines is 1. The van der Waals surface area contributed by atoms with Gasteiger partial charge in [-0.2, -0.15) is 5.10 Å². The Hall–Kier alpha value is -0.990. The summed E-state index contributed by atoms with van der Waals surface area (Å²) in [6.45, 7) is 1.95. The molecule has 1 aliphatic rings. The Morgan fingerprint density at radius 2 is 2.30 bits per heavy atom. The zero-order valence-corrected chi connectivity index (χ0v) is 6.02. The average molecular weight is 137 g/mol. The topological polar surface area (TPSA) is 54.7 Å². The third-order valence-corrected chi connectivity index (χ3v) is 1.99. The van der Waals surface area contributed by atoms with Gasteiger partial charge in [-0.1, -0.05) is 0 Å². The molecule has 3 nitrogen and oxygen atoms in total. The number of nitrogens with one attached hydrogen (secondary N) is 1. The molecule has 0 bridgehead atoms. The van der Waals surface area contributed by atoms with Crippen LogP contribution < -0.4 is 5.73 Å². The van der Waals surface area contributed by atoms with Crippen molar-refractivity contribution in [3.05, 3.63) is 11.4 Å². The molecule has 54 valence electrons. The molecule has 0 saturated heterocycles. The lowest BCUT2D eigenvalue weighted by Gasteiger charge is -1.91. The van der Waals surface area contributed by atoms with Gasteiger partial charge in [0.2, 0.25) is 0 Å². The standard InChI is InChI=1S/C7H11N3/c1-4-6(8)7(10-9-4)5-2-3-5/h5H,2-3,8H2,1H3,(H,9,10). The second-order valence-corrected chi connectivity index (χ2v) is 2.92. The van der Waals surface area contributed by atoms with Crippen LogP contribution in [0.25, 0.3) is 0 Å². The molecule has 2 rings (SSSR count). The Kier molecular flexibility index (Phi) is 1.01. The summed E-state index contributed by atoms with van der Waals surface area (Å²) in [5.74, 6) is 0.657. The van der Waals surface area contributed by atoms with Gasteiger partial charge in [-0.15, -0.1) is 0 Å². The number of anilines is 1. The van der Waals surface area contributed by atoms with E-state index in [0.717, 1.165) is 17.1 Å². The number of hydrogen-bond donors (Lipinski definition) is 2. The third kappa shape index (κ3) is 0.701. The monoisotopic (exact) mass is 137 g/mol. The Morgan fingerprint density at radius 1 is 1.60 bits per heavy atom. The van der Waals surface area contributed by atoms with Crippen LogP contribution in [-0.4, -0.2) is 10.2 Å². The summed E-state index contributed by atoms with van der Waals surface area (Å²) in [7, 11) is 0. The van der Waals surface area contributed by atoms with Crippen LogP contribution in [-0.2, 0) is 0 Å². The first kappa shape index (κ1) is 5.77. The van der Waals surface area contributed by atoms with E-state index in [2.05, 4.69) is 10.2 Å². The summed E-state index contributed by atoms with van der Waals surface area (Å²) >= 11 is 0. The molecule has 0 aliphatic heterocycles. The van der Waals surface area contributed by atoms with Crippen molar-refractivity contribution in [2.45, 2.75) is 25.7 Å². The second kappa shape index (κ2) is 1.75. The first-order chi connectivity index (χ1) is 4.79. The fourth-order valence-corrected chi connectivity index (χ4v) is 1.12. The maximum Gasteiger partial charge on any atom is 0.0885 e. The lowest BCUT2D eigenvalue weighted by Crippen LogP contribution is -1.89. The molecule has 0 aromatic carbocycles. The van der Waals surface area contributed by atoms with E-state index in [1.165, 1.54) is 12.8 Å². The zero-order chi connectivity index (χ0) is 7.14. The molecule has 0 atom stereocenters. The van der Waals surface area contributed by atoms with E-state index >= 15 is 0 Å². The summed E-state index contributed by atoms with van der Waals surface area (Å²) in [6.07, 6.45) is 2.52. The predicted octanol–water partition coefficient (Wildman–Crippen LogP) is 1.18. The number of nitrogens with zero attached hydrogens (tertiary/aromatic N) is 1. The van der Waals surface area contributed by atoms with E-state index in [4.69, 9.17) is 5.73 Å².